The Bertz CT molecular complexity index is 974. The molecular formula is C20H19Cl2N3O2S. The van der Waals surface area contributed by atoms with Crippen LogP contribution in [0.5, 0.6) is 0 Å². The van der Waals surface area contributed by atoms with E-state index in [-0.39, 0.29) is 6.42 Å². The van der Waals surface area contributed by atoms with E-state index in [1.165, 1.54) is 0 Å². The van der Waals surface area contributed by atoms with Crippen LogP contribution in [0.2, 0.25) is 10.0 Å². The number of carbonyl (C=O) groups is 1. The van der Waals surface area contributed by atoms with Gasteiger partial charge in [-0.05, 0) is 38.0 Å². The van der Waals surface area contributed by atoms with Crippen molar-refractivity contribution in [1.29, 1.82) is 0 Å². The van der Waals surface area contributed by atoms with Crippen molar-refractivity contribution in [3.63, 3.8) is 0 Å². The summed E-state index contributed by atoms with van der Waals surface area (Å²) in [5.41, 5.74) is 2.93. The number of hydrogen-bond donors (Lipinski definition) is 1. The second-order valence-electron chi connectivity index (χ2n) is 6.31. The number of aliphatic carboxylic acids is 1. The first-order chi connectivity index (χ1) is 13.5. The summed E-state index contributed by atoms with van der Waals surface area (Å²) in [5.74, 6) is 0.692. The highest BCUT2D eigenvalue weighted by Crippen LogP contribution is 2.31. The molecule has 3 aromatic rings. The Morgan fingerprint density at radius 3 is 2.50 bits per heavy atom. The van der Waals surface area contributed by atoms with E-state index in [0.29, 0.717) is 22.3 Å². The van der Waals surface area contributed by atoms with Gasteiger partial charge in [-0.25, -0.2) is 0 Å². The zero-order valence-electron chi connectivity index (χ0n) is 15.2. The summed E-state index contributed by atoms with van der Waals surface area (Å²) in [5, 5.41) is 19.2. The summed E-state index contributed by atoms with van der Waals surface area (Å²) in [6.45, 7) is 2.03. The van der Waals surface area contributed by atoms with Crippen LogP contribution in [0.3, 0.4) is 0 Å². The van der Waals surface area contributed by atoms with Crippen molar-refractivity contribution >= 4 is 40.9 Å². The molecular weight excluding hydrogens is 417 g/mol. The molecule has 0 radical (unpaired) electrons. The monoisotopic (exact) mass is 435 g/mol. The summed E-state index contributed by atoms with van der Waals surface area (Å²) < 4.78 is 1.95. The smallest absolute Gasteiger partial charge is 0.303 e. The van der Waals surface area contributed by atoms with Crippen LogP contribution in [0.25, 0.3) is 17.1 Å². The summed E-state index contributed by atoms with van der Waals surface area (Å²) >= 11 is 13.8. The topological polar surface area (TPSA) is 68.0 Å². The summed E-state index contributed by atoms with van der Waals surface area (Å²) in [6, 6.07) is 13.5. The second-order valence-corrected chi connectivity index (χ2v) is 8.18. The number of rotatable bonds is 8. The van der Waals surface area contributed by atoms with Crippen molar-refractivity contribution in [1.82, 2.24) is 14.8 Å². The van der Waals surface area contributed by atoms with Gasteiger partial charge in [-0.3, -0.25) is 9.36 Å². The largest absolute Gasteiger partial charge is 0.481 e. The first-order valence-electron chi connectivity index (χ1n) is 8.78. The fourth-order valence-electron chi connectivity index (χ4n) is 2.65. The molecule has 28 heavy (non-hydrogen) atoms. The number of aromatic nitrogens is 3. The molecule has 3 rings (SSSR count). The molecule has 8 heteroatoms. The van der Waals surface area contributed by atoms with Crippen molar-refractivity contribution < 1.29 is 9.90 Å². The first-order valence-corrected chi connectivity index (χ1v) is 10.5. The van der Waals surface area contributed by atoms with E-state index in [1.807, 2.05) is 41.8 Å². The predicted octanol–water partition coefficient (Wildman–Crippen LogP) is 5.90. The minimum atomic E-state index is -0.773. The van der Waals surface area contributed by atoms with E-state index in [0.717, 1.165) is 34.1 Å². The third-order valence-corrected chi connectivity index (χ3v) is 5.87. The fourth-order valence-corrected chi connectivity index (χ4v) is 3.89. The van der Waals surface area contributed by atoms with Crippen LogP contribution < -0.4 is 0 Å². The van der Waals surface area contributed by atoms with Gasteiger partial charge in [0, 0.05) is 17.7 Å². The molecule has 0 aliphatic carbocycles. The van der Waals surface area contributed by atoms with Crippen molar-refractivity contribution in [2.24, 2.45) is 0 Å². The zero-order valence-corrected chi connectivity index (χ0v) is 17.6. The van der Waals surface area contributed by atoms with Gasteiger partial charge in [-0.1, -0.05) is 64.8 Å². The van der Waals surface area contributed by atoms with E-state index in [1.54, 1.807) is 23.9 Å². The molecule has 1 heterocycles. The van der Waals surface area contributed by atoms with Crippen LogP contribution in [0.15, 0.2) is 47.6 Å². The molecule has 0 amide bonds. The normalized spacial score (nSPS) is 11.0. The van der Waals surface area contributed by atoms with E-state index in [2.05, 4.69) is 10.2 Å². The first kappa shape index (κ1) is 20.7. The van der Waals surface area contributed by atoms with Crippen LogP contribution in [0.1, 0.15) is 24.8 Å². The molecule has 0 spiro atoms. The van der Waals surface area contributed by atoms with Gasteiger partial charge < -0.3 is 5.11 Å². The lowest BCUT2D eigenvalue weighted by Crippen LogP contribution is -2.00. The van der Waals surface area contributed by atoms with E-state index < -0.39 is 5.97 Å². The summed E-state index contributed by atoms with van der Waals surface area (Å²) in [7, 11) is 0. The SMILES string of the molecule is Cc1ccc(-c2nnc(SCCCCC(=O)O)n2-c2ccc(Cl)c(Cl)c2)cc1. The maximum absolute atomic E-state index is 10.7. The lowest BCUT2D eigenvalue weighted by molar-refractivity contribution is -0.137. The number of halogens is 2. The lowest BCUT2D eigenvalue weighted by Gasteiger charge is -2.11. The standard InChI is InChI=1S/C20H19Cl2N3O2S/c1-13-5-7-14(8-6-13)19-23-24-20(28-11-3-2-4-18(26)27)25(19)15-9-10-16(21)17(22)12-15/h5-10,12H,2-4,11H2,1H3,(H,26,27). The molecule has 1 N–H and O–H groups in total. The van der Waals surface area contributed by atoms with Gasteiger partial charge in [0.2, 0.25) is 0 Å². The number of hydrogen-bond acceptors (Lipinski definition) is 4. The van der Waals surface area contributed by atoms with Crippen LogP contribution in [-0.4, -0.2) is 31.6 Å². The van der Waals surface area contributed by atoms with Gasteiger partial charge in [0.15, 0.2) is 11.0 Å². The van der Waals surface area contributed by atoms with Gasteiger partial charge in [-0.15, -0.1) is 10.2 Å². The van der Waals surface area contributed by atoms with Crippen molar-refractivity contribution in [2.45, 2.75) is 31.3 Å². The minimum absolute atomic E-state index is 0.175. The second kappa shape index (κ2) is 9.45. The summed E-state index contributed by atoms with van der Waals surface area (Å²) in [6.07, 6.45) is 1.59. The minimum Gasteiger partial charge on any atom is -0.481 e. The molecule has 0 fully saturated rings. The third-order valence-electron chi connectivity index (χ3n) is 4.12. The maximum Gasteiger partial charge on any atom is 0.303 e. The Hall–Kier alpha value is -2.02. The zero-order chi connectivity index (χ0) is 20.1. The Kier molecular flexibility index (Phi) is 6.99. The van der Waals surface area contributed by atoms with Crippen LogP contribution in [0.4, 0.5) is 0 Å². The van der Waals surface area contributed by atoms with Crippen molar-refractivity contribution in [2.75, 3.05) is 5.75 Å². The van der Waals surface area contributed by atoms with E-state index >= 15 is 0 Å². The quantitative estimate of drug-likeness (QED) is 0.352. The summed E-state index contributed by atoms with van der Waals surface area (Å²) in [4.78, 5) is 10.7. The van der Waals surface area contributed by atoms with Crippen LogP contribution >= 0.6 is 35.0 Å². The average molecular weight is 436 g/mol. The number of carboxylic acid groups (broad SMARTS) is 1. The predicted molar refractivity (Wildman–Crippen MR) is 114 cm³/mol. The molecule has 0 atom stereocenters. The number of nitrogens with zero attached hydrogens (tertiary/aromatic N) is 3. The molecule has 0 aliphatic rings. The van der Waals surface area contributed by atoms with E-state index in [4.69, 9.17) is 28.3 Å². The molecule has 1 aromatic heterocycles. The highest BCUT2D eigenvalue weighted by Gasteiger charge is 2.17. The fraction of sp³-hybridized carbons (Fsp3) is 0.250. The average Bonchev–Trinajstić information content (AvgIpc) is 3.08. The lowest BCUT2D eigenvalue weighted by atomic mass is 10.1. The number of unbranched alkanes of at least 4 members (excludes halogenated alkanes) is 1. The Balaban J connectivity index is 1.92. The third kappa shape index (κ3) is 5.07. The van der Waals surface area contributed by atoms with Gasteiger partial charge in [0.1, 0.15) is 0 Å². The molecule has 146 valence electrons. The van der Waals surface area contributed by atoms with Crippen molar-refractivity contribution in [3.05, 3.63) is 58.1 Å². The number of benzene rings is 2. The van der Waals surface area contributed by atoms with Gasteiger partial charge in [0.25, 0.3) is 0 Å². The van der Waals surface area contributed by atoms with Gasteiger partial charge in [0.05, 0.1) is 15.7 Å². The number of aryl methyl sites for hydroxylation is 1. The van der Waals surface area contributed by atoms with Crippen LogP contribution in [-0.2, 0) is 4.79 Å². The Morgan fingerprint density at radius 1 is 1.07 bits per heavy atom. The number of carboxylic acids is 1. The van der Waals surface area contributed by atoms with Gasteiger partial charge in [-0.2, -0.15) is 0 Å². The highest BCUT2D eigenvalue weighted by molar-refractivity contribution is 7.99. The maximum atomic E-state index is 10.7. The highest BCUT2D eigenvalue weighted by atomic mass is 35.5. The molecule has 0 bridgehead atoms. The molecule has 5 nitrogen and oxygen atoms in total. The number of thioether (sulfide) groups is 1. The van der Waals surface area contributed by atoms with Gasteiger partial charge >= 0.3 is 5.97 Å². The molecule has 2 aromatic carbocycles. The molecule has 0 aliphatic heterocycles. The van der Waals surface area contributed by atoms with Crippen molar-refractivity contribution in [3.8, 4) is 17.1 Å². The van der Waals surface area contributed by atoms with Crippen LogP contribution in [0, 0.1) is 6.92 Å². The van der Waals surface area contributed by atoms with E-state index in [9.17, 15) is 4.79 Å². The molecule has 0 saturated heterocycles. The molecule has 0 unspecified atom stereocenters. The Morgan fingerprint density at radius 2 is 1.82 bits per heavy atom. The Labute approximate surface area is 177 Å². The molecule has 0 saturated carbocycles.